The van der Waals surface area contributed by atoms with Crippen LogP contribution in [-0.4, -0.2) is 28.4 Å². The number of aliphatic hydroxyl groups excluding tert-OH is 1. The lowest BCUT2D eigenvalue weighted by molar-refractivity contribution is -0.132. The van der Waals surface area contributed by atoms with Gasteiger partial charge in [-0.1, -0.05) is 58.0 Å². The van der Waals surface area contributed by atoms with E-state index in [1.165, 1.54) is 4.90 Å². The maximum absolute atomic E-state index is 13.3. The Hall–Kier alpha value is -3.93. The molecule has 1 N–H and O–H groups in total. The van der Waals surface area contributed by atoms with Gasteiger partial charge < -0.3 is 9.84 Å². The predicted octanol–water partition coefficient (Wildman–Crippen LogP) is 5.79. The second kappa shape index (κ2) is 9.74. The second-order valence-corrected chi connectivity index (χ2v) is 9.60. The van der Waals surface area contributed by atoms with E-state index in [2.05, 4.69) is 25.8 Å². The highest BCUT2D eigenvalue weighted by molar-refractivity contribution is 6.51. The Balaban J connectivity index is 1.84. The molecule has 180 valence electrons. The van der Waals surface area contributed by atoms with E-state index < -0.39 is 17.7 Å². The van der Waals surface area contributed by atoms with Crippen molar-refractivity contribution in [3.63, 3.8) is 0 Å². The van der Waals surface area contributed by atoms with Crippen LogP contribution in [0, 0.1) is 0 Å². The van der Waals surface area contributed by atoms with Crippen LogP contribution in [0.3, 0.4) is 0 Å². The molecular formula is C29H30N2O4. The molecule has 2 aromatic carbocycles. The van der Waals surface area contributed by atoms with Crippen LogP contribution < -0.4 is 9.64 Å². The van der Waals surface area contributed by atoms with Crippen LogP contribution in [0.5, 0.6) is 5.75 Å². The van der Waals surface area contributed by atoms with Crippen LogP contribution in [0.2, 0.25) is 0 Å². The molecule has 1 amide bonds. The van der Waals surface area contributed by atoms with Gasteiger partial charge in [-0.05, 0) is 59.4 Å². The lowest BCUT2D eigenvalue weighted by Crippen LogP contribution is -2.30. The Morgan fingerprint density at radius 3 is 2.26 bits per heavy atom. The third-order valence-electron chi connectivity index (χ3n) is 6.03. The van der Waals surface area contributed by atoms with Gasteiger partial charge in [-0.25, -0.2) is 4.98 Å². The van der Waals surface area contributed by atoms with Crippen molar-refractivity contribution in [3.8, 4) is 5.75 Å². The zero-order valence-electron chi connectivity index (χ0n) is 20.5. The molecule has 0 aliphatic carbocycles. The number of ketones is 1. The third-order valence-corrected chi connectivity index (χ3v) is 6.03. The first-order valence-corrected chi connectivity index (χ1v) is 11.8. The number of Topliss-reactive ketones (excluding diaryl/α,β-unsaturated/α-hetero) is 1. The van der Waals surface area contributed by atoms with Crippen LogP contribution >= 0.6 is 0 Å². The van der Waals surface area contributed by atoms with Crippen LogP contribution in [0.25, 0.3) is 5.76 Å². The Kier molecular flexibility index (Phi) is 6.74. The number of carbonyl (C=O) groups excluding carboxylic acids is 2. The van der Waals surface area contributed by atoms with Gasteiger partial charge in [-0.3, -0.25) is 14.5 Å². The van der Waals surface area contributed by atoms with Gasteiger partial charge in [-0.2, -0.15) is 0 Å². The standard InChI is InChI=1S/C29H30N2O4/c1-5-18-35-22-15-11-20(12-16-22)26(32)24-25(19-9-13-21(14-10-19)29(2,3)4)31(28(34)27(24)33)23-8-6-7-17-30-23/h6-17,25,32H,5,18H2,1-4H3/t25-/m0/s1. The molecule has 1 fully saturated rings. The smallest absolute Gasteiger partial charge is 0.301 e. The van der Waals surface area contributed by atoms with E-state index in [1.54, 1.807) is 48.7 Å². The molecule has 0 saturated carbocycles. The maximum atomic E-state index is 13.3. The molecule has 6 heteroatoms. The number of amides is 1. The summed E-state index contributed by atoms with van der Waals surface area (Å²) in [6, 6.07) is 19.0. The minimum atomic E-state index is -0.810. The molecule has 0 bridgehead atoms. The van der Waals surface area contributed by atoms with E-state index in [4.69, 9.17) is 4.74 Å². The van der Waals surface area contributed by atoms with E-state index >= 15 is 0 Å². The molecule has 3 aromatic rings. The van der Waals surface area contributed by atoms with Gasteiger partial charge >= 0.3 is 5.91 Å². The summed E-state index contributed by atoms with van der Waals surface area (Å²) in [7, 11) is 0. The topological polar surface area (TPSA) is 79.7 Å². The van der Waals surface area contributed by atoms with Gasteiger partial charge in [0.25, 0.3) is 5.78 Å². The molecule has 1 aromatic heterocycles. The number of aromatic nitrogens is 1. The minimum absolute atomic E-state index is 0.0337. The van der Waals surface area contributed by atoms with Gasteiger partial charge in [0.2, 0.25) is 0 Å². The number of ether oxygens (including phenoxy) is 1. The van der Waals surface area contributed by atoms with E-state index in [0.29, 0.717) is 29.3 Å². The van der Waals surface area contributed by atoms with E-state index in [1.807, 2.05) is 31.2 Å². The first kappa shape index (κ1) is 24.2. The van der Waals surface area contributed by atoms with Crippen molar-refractivity contribution in [1.29, 1.82) is 0 Å². The Morgan fingerprint density at radius 2 is 1.69 bits per heavy atom. The number of carbonyl (C=O) groups is 2. The summed E-state index contributed by atoms with van der Waals surface area (Å²) in [5.41, 5.74) is 2.25. The molecule has 2 heterocycles. The number of aliphatic hydroxyl groups is 1. The van der Waals surface area contributed by atoms with Crippen molar-refractivity contribution >= 4 is 23.3 Å². The third kappa shape index (κ3) is 4.83. The molecule has 4 rings (SSSR count). The lowest BCUT2D eigenvalue weighted by Gasteiger charge is -2.25. The molecule has 1 saturated heterocycles. The highest BCUT2D eigenvalue weighted by atomic mass is 16.5. The molecule has 6 nitrogen and oxygen atoms in total. The van der Waals surface area contributed by atoms with Gasteiger partial charge in [-0.15, -0.1) is 0 Å². The molecular weight excluding hydrogens is 440 g/mol. The van der Waals surface area contributed by atoms with E-state index in [9.17, 15) is 14.7 Å². The fraction of sp³-hybridized carbons (Fsp3) is 0.276. The summed E-state index contributed by atoms with van der Waals surface area (Å²) in [4.78, 5) is 32.1. The molecule has 0 unspecified atom stereocenters. The molecule has 1 aliphatic rings. The number of nitrogens with zero attached hydrogens (tertiary/aromatic N) is 2. The first-order valence-electron chi connectivity index (χ1n) is 11.8. The van der Waals surface area contributed by atoms with Gasteiger partial charge in [0.15, 0.2) is 0 Å². The van der Waals surface area contributed by atoms with Crippen molar-refractivity contribution in [3.05, 3.63) is 95.2 Å². The van der Waals surface area contributed by atoms with Crippen molar-refractivity contribution in [2.24, 2.45) is 0 Å². The van der Waals surface area contributed by atoms with Crippen molar-refractivity contribution in [1.82, 2.24) is 4.98 Å². The van der Waals surface area contributed by atoms with Crippen molar-refractivity contribution < 1.29 is 19.4 Å². The highest BCUT2D eigenvalue weighted by Crippen LogP contribution is 2.42. The van der Waals surface area contributed by atoms with E-state index in [-0.39, 0.29) is 16.7 Å². The molecule has 0 radical (unpaired) electrons. The van der Waals surface area contributed by atoms with Crippen molar-refractivity contribution in [2.45, 2.75) is 45.6 Å². The van der Waals surface area contributed by atoms with Gasteiger partial charge in [0.05, 0.1) is 18.2 Å². The SMILES string of the molecule is CCCOc1ccc(C(O)=C2C(=O)C(=O)N(c3ccccn3)[C@H]2c2ccc(C(C)(C)C)cc2)cc1. The molecule has 35 heavy (non-hydrogen) atoms. The average Bonchev–Trinajstić information content (AvgIpc) is 3.13. The minimum Gasteiger partial charge on any atom is -0.507 e. The molecule has 0 spiro atoms. The maximum Gasteiger partial charge on any atom is 0.301 e. The summed E-state index contributed by atoms with van der Waals surface area (Å²) in [5.74, 6) is -0.676. The van der Waals surface area contributed by atoms with Crippen molar-refractivity contribution in [2.75, 3.05) is 11.5 Å². The summed E-state index contributed by atoms with van der Waals surface area (Å²) in [6.07, 6.45) is 2.45. The second-order valence-electron chi connectivity index (χ2n) is 9.60. The highest BCUT2D eigenvalue weighted by Gasteiger charge is 2.47. The monoisotopic (exact) mass is 470 g/mol. The number of rotatable bonds is 6. The predicted molar refractivity (Wildman–Crippen MR) is 136 cm³/mol. The average molecular weight is 471 g/mol. The fourth-order valence-electron chi connectivity index (χ4n) is 4.13. The molecule has 1 atom stereocenters. The van der Waals surface area contributed by atoms with E-state index in [0.717, 1.165) is 12.0 Å². The fourth-order valence-corrected chi connectivity index (χ4v) is 4.13. The van der Waals surface area contributed by atoms with Gasteiger partial charge in [0, 0.05) is 11.8 Å². The zero-order valence-corrected chi connectivity index (χ0v) is 20.5. The summed E-state index contributed by atoms with van der Waals surface area (Å²) >= 11 is 0. The number of anilines is 1. The first-order chi connectivity index (χ1) is 16.7. The summed E-state index contributed by atoms with van der Waals surface area (Å²) in [6.45, 7) is 8.97. The number of benzene rings is 2. The lowest BCUT2D eigenvalue weighted by atomic mass is 9.85. The van der Waals surface area contributed by atoms with Crippen LogP contribution in [-0.2, 0) is 15.0 Å². The Morgan fingerprint density at radius 1 is 1.00 bits per heavy atom. The Bertz CT molecular complexity index is 1240. The zero-order chi connectivity index (χ0) is 25.2. The van der Waals surface area contributed by atoms with Crippen LogP contribution in [0.15, 0.2) is 78.5 Å². The largest absolute Gasteiger partial charge is 0.507 e. The number of hydrogen-bond donors (Lipinski definition) is 1. The van der Waals surface area contributed by atoms with Crippen LogP contribution in [0.4, 0.5) is 5.82 Å². The Labute approximate surface area is 205 Å². The normalized spacial score (nSPS) is 17.6. The number of pyridine rings is 1. The van der Waals surface area contributed by atoms with Crippen LogP contribution in [0.1, 0.15) is 56.8 Å². The summed E-state index contributed by atoms with van der Waals surface area (Å²) in [5, 5.41) is 11.3. The molecule has 1 aliphatic heterocycles. The quantitative estimate of drug-likeness (QED) is 0.280. The summed E-state index contributed by atoms with van der Waals surface area (Å²) < 4.78 is 5.62. The van der Waals surface area contributed by atoms with Gasteiger partial charge in [0.1, 0.15) is 17.3 Å². The number of hydrogen-bond acceptors (Lipinski definition) is 5.